The molecule has 0 aliphatic carbocycles. The number of amidine groups is 1. The predicted octanol–water partition coefficient (Wildman–Crippen LogP) is 2.53. The summed E-state index contributed by atoms with van der Waals surface area (Å²) in [6.07, 6.45) is -3.27. The number of rotatable bonds is 6. The molecular weight excluding hydrogens is 406 g/mol. The molecule has 1 aromatic carbocycles. The van der Waals surface area contributed by atoms with Crippen molar-refractivity contribution in [1.29, 1.82) is 0 Å². The van der Waals surface area contributed by atoms with Crippen molar-refractivity contribution in [2.24, 2.45) is 10.2 Å². The van der Waals surface area contributed by atoms with E-state index in [0.29, 0.717) is 16.5 Å². The molecule has 2 heterocycles. The number of H-pyrrole nitrogens is 1. The molecule has 1 aliphatic heterocycles. The number of Topliss-reactive ketones (excluding diaryl/α,β-unsaturated/α-hetero) is 1. The highest BCUT2D eigenvalue weighted by molar-refractivity contribution is 6.02. The minimum Gasteiger partial charge on any atom is -0.361 e. The van der Waals surface area contributed by atoms with Crippen LogP contribution in [-0.4, -0.2) is 71.4 Å². The lowest BCUT2D eigenvalue weighted by Crippen LogP contribution is -2.54. The van der Waals surface area contributed by atoms with Crippen molar-refractivity contribution in [3.05, 3.63) is 35.8 Å². The molecule has 0 saturated carbocycles. The number of piperazine rings is 1. The largest absolute Gasteiger partial charge is 0.405 e. The number of fused-ring (bicyclic) bond motifs is 1. The van der Waals surface area contributed by atoms with E-state index in [2.05, 4.69) is 21.9 Å². The zero-order valence-electron chi connectivity index (χ0n) is 15.9. The maximum atomic E-state index is 13.3. The Bertz CT molecular complexity index is 998. The third kappa shape index (κ3) is 5.22. The van der Waals surface area contributed by atoms with Gasteiger partial charge >= 0.3 is 6.18 Å². The van der Waals surface area contributed by atoms with Crippen LogP contribution in [0.25, 0.3) is 10.9 Å². The summed E-state index contributed by atoms with van der Waals surface area (Å²) in [4.78, 5) is 30.0. The van der Waals surface area contributed by atoms with Gasteiger partial charge in [0.1, 0.15) is 24.0 Å². The number of carbonyl (C=O) groups excluding carboxylic acids is 2. The number of aromatic nitrogens is 1. The fourth-order valence-electron chi connectivity index (χ4n) is 3.36. The fourth-order valence-corrected chi connectivity index (χ4v) is 3.36. The molecule has 11 heteroatoms. The summed E-state index contributed by atoms with van der Waals surface area (Å²) in [5, 5.41) is 7.56. The molecule has 2 aromatic rings. The van der Waals surface area contributed by atoms with E-state index in [9.17, 15) is 27.2 Å². The summed E-state index contributed by atoms with van der Waals surface area (Å²) in [6.45, 7) is 1.71. The lowest BCUT2D eigenvalue weighted by molar-refractivity contribution is -0.141. The normalized spacial score (nSPS) is 16.3. The van der Waals surface area contributed by atoms with E-state index in [0.717, 1.165) is 4.90 Å². The third-order valence-electron chi connectivity index (χ3n) is 4.71. The zero-order chi connectivity index (χ0) is 21.9. The summed E-state index contributed by atoms with van der Waals surface area (Å²) in [5.41, 5.74) is 1.18. The number of carbonyl (C=O) groups is 2. The van der Waals surface area contributed by atoms with E-state index in [1.165, 1.54) is 17.0 Å². The molecular formula is C19H19F4N5O2. The Labute approximate surface area is 169 Å². The number of aromatic amines is 1. The molecule has 0 atom stereocenters. The fraction of sp³-hybridized carbons (Fsp3) is 0.368. The molecule has 30 heavy (non-hydrogen) atoms. The summed E-state index contributed by atoms with van der Waals surface area (Å²) in [5.74, 6) is -1.31. The predicted molar refractivity (Wildman–Crippen MR) is 103 cm³/mol. The molecule has 0 spiro atoms. The number of hydrogen-bond donors (Lipinski definition) is 1. The van der Waals surface area contributed by atoms with E-state index in [1.54, 1.807) is 12.3 Å². The molecule has 1 saturated heterocycles. The molecule has 0 radical (unpaired) electrons. The van der Waals surface area contributed by atoms with Crippen LogP contribution in [0.1, 0.15) is 12.0 Å². The maximum absolute atomic E-state index is 13.3. The van der Waals surface area contributed by atoms with Crippen LogP contribution in [0.15, 0.2) is 34.6 Å². The first-order valence-corrected chi connectivity index (χ1v) is 9.05. The Hall–Kier alpha value is -3.24. The van der Waals surface area contributed by atoms with Crippen LogP contribution < -0.4 is 0 Å². The highest BCUT2D eigenvalue weighted by Gasteiger charge is 2.35. The van der Waals surface area contributed by atoms with Gasteiger partial charge in [-0.25, -0.2) is 4.39 Å². The van der Waals surface area contributed by atoms with Crippen molar-refractivity contribution < 1.29 is 27.2 Å². The molecule has 1 aliphatic rings. The molecule has 160 valence electrons. The average Bonchev–Trinajstić information content (AvgIpc) is 3.03. The van der Waals surface area contributed by atoms with Crippen LogP contribution >= 0.6 is 0 Å². The first-order chi connectivity index (χ1) is 14.2. The minimum absolute atomic E-state index is 0.0272. The average molecular weight is 425 g/mol. The molecule has 0 bridgehead atoms. The second kappa shape index (κ2) is 8.64. The molecule has 1 fully saturated rings. The minimum atomic E-state index is -4.42. The van der Waals surface area contributed by atoms with Crippen LogP contribution in [-0.2, 0) is 16.0 Å². The first kappa shape index (κ1) is 21.5. The first-order valence-electron chi connectivity index (χ1n) is 9.05. The van der Waals surface area contributed by atoms with Gasteiger partial charge in [-0.2, -0.15) is 18.3 Å². The summed E-state index contributed by atoms with van der Waals surface area (Å²) >= 11 is 0. The molecule has 1 aromatic heterocycles. The zero-order valence-corrected chi connectivity index (χ0v) is 15.9. The van der Waals surface area contributed by atoms with E-state index < -0.39 is 30.9 Å². The number of nitrogens with zero attached hydrogens (tertiary/aromatic N) is 4. The van der Waals surface area contributed by atoms with Gasteiger partial charge in [0.25, 0.3) is 0 Å². The summed E-state index contributed by atoms with van der Waals surface area (Å²) in [7, 11) is 0. The van der Waals surface area contributed by atoms with Crippen molar-refractivity contribution >= 4 is 35.1 Å². The van der Waals surface area contributed by atoms with E-state index in [1.807, 2.05) is 0 Å². The van der Waals surface area contributed by atoms with Crippen LogP contribution in [0.2, 0.25) is 0 Å². The molecule has 1 amide bonds. The monoisotopic (exact) mass is 425 g/mol. The van der Waals surface area contributed by atoms with Gasteiger partial charge in [0.05, 0.1) is 13.0 Å². The van der Waals surface area contributed by atoms with Gasteiger partial charge < -0.3 is 14.8 Å². The van der Waals surface area contributed by atoms with Crippen molar-refractivity contribution in [2.45, 2.75) is 19.0 Å². The topological polar surface area (TPSA) is 81.1 Å². The van der Waals surface area contributed by atoms with Crippen molar-refractivity contribution in [2.75, 3.05) is 26.2 Å². The number of halogens is 4. The van der Waals surface area contributed by atoms with Gasteiger partial charge in [0.2, 0.25) is 5.91 Å². The molecule has 1 N–H and O–H groups in total. The van der Waals surface area contributed by atoms with Crippen LogP contribution in [0.3, 0.4) is 0 Å². The van der Waals surface area contributed by atoms with Gasteiger partial charge in [-0.05, 0) is 23.8 Å². The quantitative estimate of drug-likeness (QED) is 0.334. The van der Waals surface area contributed by atoms with Crippen molar-refractivity contribution in [3.63, 3.8) is 0 Å². The van der Waals surface area contributed by atoms with Gasteiger partial charge in [-0.3, -0.25) is 9.59 Å². The Morgan fingerprint density at radius 1 is 1.23 bits per heavy atom. The van der Waals surface area contributed by atoms with Crippen LogP contribution in [0.4, 0.5) is 17.6 Å². The highest BCUT2D eigenvalue weighted by Crippen LogP contribution is 2.21. The van der Waals surface area contributed by atoms with Gasteiger partial charge in [0, 0.05) is 43.3 Å². The Balaban J connectivity index is 1.61. The van der Waals surface area contributed by atoms with Gasteiger partial charge in [-0.1, -0.05) is 0 Å². The third-order valence-corrected chi connectivity index (χ3v) is 4.71. The number of hydrogen-bond acceptors (Lipinski definition) is 4. The van der Waals surface area contributed by atoms with Crippen molar-refractivity contribution in [3.8, 4) is 0 Å². The smallest absolute Gasteiger partial charge is 0.361 e. The molecule has 7 nitrogen and oxygen atoms in total. The van der Waals surface area contributed by atoms with E-state index in [4.69, 9.17) is 0 Å². The van der Waals surface area contributed by atoms with Crippen molar-refractivity contribution in [1.82, 2.24) is 14.8 Å². The summed E-state index contributed by atoms with van der Waals surface area (Å²) in [6, 6.07) is 4.14. The highest BCUT2D eigenvalue weighted by atomic mass is 19.4. The van der Waals surface area contributed by atoms with Crippen LogP contribution in [0.5, 0.6) is 0 Å². The molecule has 0 unspecified atom stereocenters. The lowest BCUT2D eigenvalue weighted by Gasteiger charge is -2.36. The number of amides is 1. The Kier molecular flexibility index (Phi) is 6.18. The second-order valence-electron chi connectivity index (χ2n) is 6.91. The van der Waals surface area contributed by atoms with Crippen LogP contribution in [0, 0.1) is 5.82 Å². The Morgan fingerprint density at radius 3 is 2.70 bits per heavy atom. The Morgan fingerprint density at radius 2 is 2.00 bits per heavy atom. The standard InChI is InChI=1S/C19H19F4N5O2/c1-24-26-17-10-27(4-5-28(17)11-19(21,22)23)18(30)8-14(29)6-12-9-25-16-7-13(20)2-3-15(12)16/h2-3,7,9,25H,1,4-6,8,10-11H2/b26-17-. The van der Waals surface area contributed by atoms with E-state index in [-0.39, 0.29) is 37.7 Å². The number of benzene rings is 1. The summed E-state index contributed by atoms with van der Waals surface area (Å²) < 4.78 is 51.4. The van der Waals surface area contributed by atoms with E-state index >= 15 is 0 Å². The number of ketones is 1. The number of alkyl halides is 3. The molecule has 3 rings (SSSR count). The van der Waals surface area contributed by atoms with Gasteiger partial charge in [-0.15, -0.1) is 5.10 Å². The SMILES string of the molecule is C=N/N=C1/CN(C(=O)CC(=O)Cc2c[nH]c3cc(F)ccc23)CCN1CC(F)(F)F. The van der Waals surface area contributed by atoms with Gasteiger partial charge in [0.15, 0.2) is 0 Å². The lowest BCUT2D eigenvalue weighted by atomic mass is 10.1. The maximum Gasteiger partial charge on any atom is 0.405 e. The second-order valence-corrected chi connectivity index (χ2v) is 6.91. The number of nitrogens with one attached hydrogen (secondary N) is 1.